The summed E-state index contributed by atoms with van der Waals surface area (Å²) < 4.78 is 39.3. The first-order valence-corrected chi connectivity index (χ1v) is 5.76. The highest BCUT2D eigenvalue weighted by Crippen LogP contribution is 2.12. The average molecular weight is 255 g/mol. The predicted molar refractivity (Wildman–Crippen MR) is 53.2 cm³/mol. The Morgan fingerprint density at radius 3 is 2.87 bits per heavy atom. The van der Waals surface area contributed by atoms with Crippen LogP contribution >= 0.6 is 11.6 Å². The van der Waals surface area contributed by atoms with E-state index in [1.807, 2.05) is 4.72 Å². The molecule has 15 heavy (non-hydrogen) atoms. The summed E-state index contributed by atoms with van der Waals surface area (Å²) in [4.78, 5) is 6.73. The zero-order chi connectivity index (χ0) is 11.5. The van der Waals surface area contributed by atoms with E-state index in [2.05, 4.69) is 14.7 Å². The van der Waals surface area contributed by atoms with Crippen LogP contribution in [0, 0.1) is 5.82 Å². The summed E-state index contributed by atoms with van der Waals surface area (Å²) in [5.74, 6) is -1.39. The van der Waals surface area contributed by atoms with Crippen LogP contribution in [0.2, 0.25) is 5.28 Å². The fraction of sp³-hybridized carbons (Fsp3) is 0.333. The molecule has 9 heteroatoms. The number of nitrogens with zero attached hydrogens (tertiary/aromatic N) is 2. The van der Waals surface area contributed by atoms with E-state index >= 15 is 0 Å². The van der Waals surface area contributed by atoms with Gasteiger partial charge in [0.05, 0.1) is 6.20 Å². The first kappa shape index (κ1) is 12.1. The van der Waals surface area contributed by atoms with Crippen molar-refractivity contribution in [3.63, 3.8) is 0 Å². The zero-order valence-corrected chi connectivity index (χ0v) is 9.23. The highest BCUT2D eigenvalue weighted by Gasteiger charge is 2.13. The molecule has 1 heterocycles. The van der Waals surface area contributed by atoms with Gasteiger partial charge >= 0.3 is 0 Å². The van der Waals surface area contributed by atoms with Crippen molar-refractivity contribution in [3.8, 4) is 0 Å². The molecule has 84 valence electrons. The van der Waals surface area contributed by atoms with Gasteiger partial charge in [-0.15, -0.1) is 0 Å². The number of aromatic nitrogens is 2. The summed E-state index contributed by atoms with van der Waals surface area (Å²) in [6.07, 6.45) is 0.777. The first-order valence-electron chi connectivity index (χ1n) is 3.90. The maximum atomic E-state index is 13.0. The molecule has 2 N–H and O–H groups in total. The summed E-state index contributed by atoms with van der Waals surface area (Å²) in [6.45, 7) is 1.76. The molecule has 0 atom stereocenters. The molecule has 0 fully saturated rings. The van der Waals surface area contributed by atoms with Crippen LogP contribution in [0.25, 0.3) is 0 Å². The number of rotatable bonds is 4. The van der Waals surface area contributed by atoms with Crippen molar-refractivity contribution in [2.45, 2.75) is 6.92 Å². The SMILES string of the molecule is CCNS(=O)(=O)Nc1nc(Cl)ncc1F. The van der Waals surface area contributed by atoms with E-state index in [-0.39, 0.29) is 11.8 Å². The maximum absolute atomic E-state index is 13.0. The fourth-order valence-corrected chi connectivity index (χ4v) is 1.75. The summed E-state index contributed by atoms with van der Waals surface area (Å²) in [6, 6.07) is 0. The lowest BCUT2D eigenvalue weighted by Gasteiger charge is -2.07. The first-order chi connectivity index (χ1) is 6.94. The van der Waals surface area contributed by atoms with E-state index in [4.69, 9.17) is 11.6 Å². The van der Waals surface area contributed by atoms with Crippen LogP contribution in [-0.4, -0.2) is 24.9 Å². The maximum Gasteiger partial charge on any atom is 0.300 e. The minimum Gasteiger partial charge on any atom is -0.252 e. The Balaban J connectivity index is 2.94. The van der Waals surface area contributed by atoms with Crippen molar-refractivity contribution in [2.24, 2.45) is 0 Å². The van der Waals surface area contributed by atoms with Crippen molar-refractivity contribution in [2.75, 3.05) is 11.3 Å². The van der Waals surface area contributed by atoms with Crippen LogP contribution in [0.1, 0.15) is 6.92 Å². The van der Waals surface area contributed by atoms with E-state index in [0.717, 1.165) is 6.20 Å². The Morgan fingerprint density at radius 2 is 2.27 bits per heavy atom. The van der Waals surface area contributed by atoms with Crippen molar-refractivity contribution < 1.29 is 12.8 Å². The standard InChI is InChI=1S/C6H8ClFN4O2S/c1-2-10-15(13,14)12-5-4(8)3-9-6(7)11-5/h3,10H,2H2,1H3,(H,9,11,12). The number of halogens is 2. The minimum atomic E-state index is -3.81. The highest BCUT2D eigenvalue weighted by molar-refractivity contribution is 7.90. The van der Waals surface area contributed by atoms with Crippen LogP contribution in [-0.2, 0) is 10.2 Å². The smallest absolute Gasteiger partial charge is 0.252 e. The molecular weight excluding hydrogens is 247 g/mol. The van der Waals surface area contributed by atoms with Gasteiger partial charge < -0.3 is 0 Å². The molecule has 0 unspecified atom stereocenters. The molecule has 0 spiro atoms. The van der Waals surface area contributed by atoms with Gasteiger partial charge in [-0.05, 0) is 11.6 Å². The Morgan fingerprint density at radius 1 is 1.60 bits per heavy atom. The lowest BCUT2D eigenvalue weighted by atomic mass is 10.6. The molecule has 1 rings (SSSR count). The third-order valence-corrected chi connectivity index (χ3v) is 2.59. The van der Waals surface area contributed by atoms with Crippen molar-refractivity contribution in [1.29, 1.82) is 0 Å². The molecule has 0 bridgehead atoms. The van der Waals surface area contributed by atoms with E-state index in [1.165, 1.54) is 0 Å². The molecule has 6 nitrogen and oxygen atoms in total. The molecule has 0 aliphatic rings. The molecule has 0 aromatic carbocycles. The number of anilines is 1. The Kier molecular flexibility index (Phi) is 3.77. The summed E-state index contributed by atoms with van der Waals surface area (Å²) in [5, 5.41) is -0.245. The van der Waals surface area contributed by atoms with Gasteiger partial charge in [-0.1, -0.05) is 6.92 Å². The molecule has 0 radical (unpaired) electrons. The van der Waals surface area contributed by atoms with E-state index < -0.39 is 21.8 Å². The lowest BCUT2D eigenvalue weighted by Crippen LogP contribution is -2.30. The van der Waals surface area contributed by atoms with Crippen molar-refractivity contribution in [3.05, 3.63) is 17.3 Å². The van der Waals surface area contributed by atoms with Gasteiger partial charge in [0, 0.05) is 6.54 Å². The van der Waals surface area contributed by atoms with Crippen LogP contribution in [0.3, 0.4) is 0 Å². The molecule has 0 aliphatic heterocycles. The van der Waals surface area contributed by atoms with Gasteiger partial charge in [-0.3, -0.25) is 4.72 Å². The van der Waals surface area contributed by atoms with E-state index in [1.54, 1.807) is 6.92 Å². The third kappa shape index (κ3) is 3.57. The van der Waals surface area contributed by atoms with Crippen molar-refractivity contribution >= 4 is 27.6 Å². The van der Waals surface area contributed by atoms with E-state index in [0.29, 0.717) is 0 Å². The molecule has 0 amide bonds. The fourth-order valence-electron chi connectivity index (χ4n) is 0.771. The van der Waals surface area contributed by atoms with Crippen molar-refractivity contribution in [1.82, 2.24) is 14.7 Å². The summed E-state index contributed by atoms with van der Waals surface area (Å²) in [7, 11) is -3.81. The average Bonchev–Trinajstić information content (AvgIpc) is 2.10. The Labute approximate surface area is 91.1 Å². The second-order valence-corrected chi connectivity index (χ2v) is 4.28. The molecule has 0 aliphatic carbocycles. The molecule has 0 saturated carbocycles. The van der Waals surface area contributed by atoms with Crippen LogP contribution in [0.4, 0.5) is 10.2 Å². The van der Waals surface area contributed by atoms with Gasteiger partial charge in [0.1, 0.15) is 0 Å². The third-order valence-electron chi connectivity index (χ3n) is 1.28. The second kappa shape index (κ2) is 4.69. The molecular formula is C6H8ClFN4O2S. The highest BCUT2D eigenvalue weighted by atomic mass is 35.5. The Bertz CT molecular complexity index is 452. The molecule has 1 aromatic heterocycles. The predicted octanol–water partition coefficient (Wildman–Crippen LogP) is 0.535. The topological polar surface area (TPSA) is 84.0 Å². The van der Waals surface area contributed by atoms with Gasteiger partial charge in [0.25, 0.3) is 10.2 Å². The normalized spacial score (nSPS) is 11.4. The van der Waals surface area contributed by atoms with Crippen LogP contribution in [0.5, 0.6) is 0 Å². The van der Waals surface area contributed by atoms with Crippen LogP contribution < -0.4 is 9.44 Å². The molecule has 0 saturated heterocycles. The van der Waals surface area contributed by atoms with Gasteiger partial charge in [0.15, 0.2) is 11.6 Å². The van der Waals surface area contributed by atoms with Gasteiger partial charge in [-0.2, -0.15) is 18.1 Å². The number of hydrogen-bond acceptors (Lipinski definition) is 4. The quantitative estimate of drug-likeness (QED) is 0.768. The monoisotopic (exact) mass is 254 g/mol. The van der Waals surface area contributed by atoms with E-state index in [9.17, 15) is 12.8 Å². The number of hydrogen-bond donors (Lipinski definition) is 2. The minimum absolute atomic E-state index is 0.176. The summed E-state index contributed by atoms with van der Waals surface area (Å²) in [5.41, 5.74) is 0. The van der Waals surface area contributed by atoms with Gasteiger partial charge in [0.2, 0.25) is 5.28 Å². The zero-order valence-electron chi connectivity index (χ0n) is 7.66. The largest absolute Gasteiger partial charge is 0.300 e. The second-order valence-electron chi connectivity index (χ2n) is 2.44. The van der Waals surface area contributed by atoms with Gasteiger partial charge in [-0.25, -0.2) is 9.37 Å². The lowest BCUT2D eigenvalue weighted by molar-refractivity contribution is 0.585. The Hall–Kier alpha value is -0.990. The molecule has 1 aromatic rings. The summed E-state index contributed by atoms with van der Waals surface area (Å²) >= 11 is 5.38. The van der Waals surface area contributed by atoms with Crippen LogP contribution in [0.15, 0.2) is 6.20 Å². The number of nitrogens with one attached hydrogen (secondary N) is 2.